The minimum absolute atomic E-state index is 0. The number of ketones is 1. The number of sulfonamides is 1. The summed E-state index contributed by atoms with van der Waals surface area (Å²) in [5.41, 5.74) is 2.50. The van der Waals surface area contributed by atoms with Crippen LogP contribution in [0.15, 0.2) is 24.3 Å². The molecule has 3 rings (SSSR count). The molecule has 2 N–H and O–H groups in total. The Bertz CT molecular complexity index is 1340. The molecule has 0 atom stereocenters. The van der Waals surface area contributed by atoms with Gasteiger partial charge in [0.05, 0.1) is 18.5 Å². The van der Waals surface area contributed by atoms with Gasteiger partial charge in [0.2, 0.25) is 10.0 Å². The van der Waals surface area contributed by atoms with Crippen molar-refractivity contribution in [1.29, 1.82) is 5.41 Å². The third-order valence-corrected chi connectivity index (χ3v) is 7.20. The molecule has 1 aromatic heterocycles. The van der Waals surface area contributed by atoms with Gasteiger partial charge in [0, 0.05) is 36.0 Å². The van der Waals surface area contributed by atoms with E-state index in [0.29, 0.717) is 17.8 Å². The zero-order valence-corrected chi connectivity index (χ0v) is 24.3. The number of amidine groups is 1. The molecule has 0 fully saturated rings. The predicted molar refractivity (Wildman–Crippen MR) is 147 cm³/mol. The SMILES string of the molecule is Br.CCc1ccc2c(n1)C(=N)N(CC(=O)c1cc(N(C)S(C)(=O)=O)c(OCC(=O)O)c(C(C)(C)C)c1)C2. The summed E-state index contributed by atoms with van der Waals surface area (Å²) in [5, 5.41) is 17.7. The molecule has 2 heterocycles. The number of anilines is 1. The number of aromatic nitrogens is 1. The highest BCUT2D eigenvalue weighted by Crippen LogP contribution is 2.41. The van der Waals surface area contributed by atoms with Gasteiger partial charge in [-0.2, -0.15) is 0 Å². The van der Waals surface area contributed by atoms with Gasteiger partial charge >= 0.3 is 5.97 Å². The molecular formula is C25H33BrN4O6S. The number of carboxylic acids is 1. The van der Waals surface area contributed by atoms with E-state index in [4.69, 9.17) is 15.3 Å². The smallest absolute Gasteiger partial charge is 0.341 e. The highest BCUT2D eigenvalue weighted by Gasteiger charge is 2.31. The number of Topliss-reactive ketones (excluding diaryl/α,β-unsaturated/α-hetero) is 1. The van der Waals surface area contributed by atoms with Crippen LogP contribution in [-0.4, -0.2) is 67.5 Å². The lowest BCUT2D eigenvalue weighted by Gasteiger charge is -2.28. The second-order valence-corrected chi connectivity index (χ2v) is 11.8. The van der Waals surface area contributed by atoms with Gasteiger partial charge in [0.1, 0.15) is 17.3 Å². The van der Waals surface area contributed by atoms with E-state index in [0.717, 1.165) is 28.2 Å². The van der Waals surface area contributed by atoms with Crippen LogP contribution in [0.2, 0.25) is 0 Å². The van der Waals surface area contributed by atoms with Crippen molar-refractivity contribution in [2.45, 2.75) is 46.1 Å². The van der Waals surface area contributed by atoms with Crippen LogP contribution in [-0.2, 0) is 33.2 Å². The van der Waals surface area contributed by atoms with E-state index in [1.165, 1.54) is 13.1 Å². The average molecular weight is 598 g/mol. The lowest BCUT2D eigenvalue weighted by Crippen LogP contribution is -2.31. The van der Waals surface area contributed by atoms with E-state index in [1.807, 2.05) is 39.8 Å². The summed E-state index contributed by atoms with van der Waals surface area (Å²) in [6.07, 6.45) is 1.75. The lowest BCUT2D eigenvalue weighted by molar-refractivity contribution is -0.139. The number of aryl methyl sites for hydroxylation is 1. The first kappa shape index (κ1) is 30.2. The number of fused-ring (bicyclic) bond motifs is 1. The number of rotatable bonds is 9. The molecule has 1 aliphatic rings. The Labute approximate surface area is 228 Å². The molecule has 1 aliphatic heterocycles. The number of carbonyl (C=O) groups is 2. The maximum Gasteiger partial charge on any atom is 0.341 e. The summed E-state index contributed by atoms with van der Waals surface area (Å²) in [7, 11) is -2.43. The Hall–Kier alpha value is -2.99. The minimum Gasteiger partial charge on any atom is -0.479 e. The van der Waals surface area contributed by atoms with Crippen LogP contribution in [0.3, 0.4) is 0 Å². The largest absolute Gasteiger partial charge is 0.479 e. The summed E-state index contributed by atoms with van der Waals surface area (Å²) >= 11 is 0. The molecule has 0 unspecified atom stereocenters. The number of pyridine rings is 1. The number of halogens is 1. The van der Waals surface area contributed by atoms with Gasteiger partial charge in [-0.1, -0.05) is 33.8 Å². The first-order valence-corrected chi connectivity index (χ1v) is 13.3. The molecule has 37 heavy (non-hydrogen) atoms. The Morgan fingerprint density at radius 3 is 2.43 bits per heavy atom. The van der Waals surface area contributed by atoms with Crippen molar-refractivity contribution < 1.29 is 27.9 Å². The molecule has 0 saturated heterocycles. The molecule has 0 radical (unpaired) electrons. The fraction of sp³-hybridized carbons (Fsp3) is 0.440. The number of nitrogens with zero attached hydrogens (tertiary/aromatic N) is 3. The minimum atomic E-state index is -3.75. The second-order valence-electron chi connectivity index (χ2n) is 9.83. The molecule has 0 amide bonds. The maximum absolute atomic E-state index is 13.4. The Morgan fingerprint density at radius 2 is 1.89 bits per heavy atom. The monoisotopic (exact) mass is 596 g/mol. The quantitative estimate of drug-likeness (QED) is 0.419. The predicted octanol–water partition coefficient (Wildman–Crippen LogP) is 3.40. The Balaban J connectivity index is 0.00000481. The number of benzene rings is 1. The molecule has 2 aromatic rings. The van der Waals surface area contributed by atoms with Crippen molar-refractivity contribution in [2.24, 2.45) is 0 Å². The third kappa shape index (κ3) is 6.67. The third-order valence-electron chi connectivity index (χ3n) is 6.01. The summed E-state index contributed by atoms with van der Waals surface area (Å²) in [6, 6.07) is 6.84. The molecule has 202 valence electrons. The number of aliphatic carboxylic acids is 1. The van der Waals surface area contributed by atoms with Crippen molar-refractivity contribution >= 4 is 50.3 Å². The van der Waals surface area contributed by atoms with Crippen LogP contribution in [0.4, 0.5) is 5.69 Å². The second kappa shape index (κ2) is 11.2. The number of ether oxygens (including phenoxy) is 1. The molecule has 10 nitrogen and oxygen atoms in total. The highest BCUT2D eigenvalue weighted by atomic mass is 79.9. The van der Waals surface area contributed by atoms with Gasteiger partial charge < -0.3 is 14.7 Å². The van der Waals surface area contributed by atoms with Crippen molar-refractivity contribution in [1.82, 2.24) is 9.88 Å². The number of carboxylic acid groups (broad SMARTS) is 1. The van der Waals surface area contributed by atoms with Crippen molar-refractivity contribution in [3.05, 3.63) is 52.3 Å². The average Bonchev–Trinajstić information content (AvgIpc) is 3.09. The van der Waals surface area contributed by atoms with Gasteiger partial charge in [0.25, 0.3) is 0 Å². The number of carbonyl (C=O) groups excluding carboxylic acids is 1. The standard InChI is InChI=1S/C25H32N4O6S.BrH/c1-7-17-9-8-15-12-29(24(26)22(15)27-17)13-20(30)16-10-18(25(2,3)4)23(35-14-21(31)32)19(11-16)28(5)36(6,33)34;/h8-11,26H,7,12-14H2,1-6H3,(H,31,32);1H. The number of hydrogen-bond donors (Lipinski definition) is 2. The zero-order valence-electron chi connectivity index (χ0n) is 21.8. The molecule has 0 spiro atoms. The van der Waals surface area contributed by atoms with E-state index < -0.39 is 28.0 Å². The van der Waals surface area contributed by atoms with Crippen LogP contribution in [0.5, 0.6) is 5.75 Å². The van der Waals surface area contributed by atoms with Crippen LogP contribution in [0.1, 0.15) is 60.6 Å². The topological polar surface area (TPSA) is 141 Å². The summed E-state index contributed by atoms with van der Waals surface area (Å²) in [4.78, 5) is 30.8. The number of hydrogen-bond acceptors (Lipinski definition) is 7. The van der Waals surface area contributed by atoms with Crippen molar-refractivity contribution in [2.75, 3.05) is 30.8 Å². The highest BCUT2D eigenvalue weighted by molar-refractivity contribution is 8.93. The first-order chi connectivity index (χ1) is 16.6. The summed E-state index contributed by atoms with van der Waals surface area (Å²) in [5.74, 6) is -1.27. The van der Waals surface area contributed by atoms with E-state index in [2.05, 4.69) is 4.98 Å². The van der Waals surface area contributed by atoms with Crippen LogP contribution < -0.4 is 9.04 Å². The van der Waals surface area contributed by atoms with Gasteiger partial charge in [-0.3, -0.25) is 14.5 Å². The zero-order chi connectivity index (χ0) is 27.0. The fourth-order valence-electron chi connectivity index (χ4n) is 3.92. The van der Waals surface area contributed by atoms with Crippen LogP contribution in [0.25, 0.3) is 0 Å². The van der Waals surface area contributed by atoms with E-state index in [1.54, 1.807) is 11.0 Å². The molecule has 12 heteroatoms. The van der Waals surface area contributed by atoms with E-state index >= 15 is 0 Å². The summed E-state index contributed by atoms with van der Waals surface area (Å²) in [6.45, 7) is 7.17. The number of nitrogens with one attached hydrogen (secondary N) is 1. The maximum atomic E-state index is 13.4. The molecule has 1 aromatic carbocycles. The summed E-state index contributed by atoms with van der Waals surface area (Å²) < 4.78 is 31.3. The fourth-order valence-corrected chi connectivity index (χ4v) is 4.41. The van der Waals surface area contributed by atoms with Gasteiger partial charge in [0.15, 0.2) is 12.4 Å². The van der Waals surface area contributed by atoms with Gasteiger partial charge in [-0.05, 0) is 30.0 Å². The molecular weight excluding hydrogens is 564 g/mol. The van der Waals surface area contributed by atoms with E-state index in [-0.39, 0.29) is 52.1 Å². The van der Waals surface area contributed by atoms with Crippen LogP contribution in [0, 0.1) is 5.41 Å². The van der Waals surface area contributed by atoms with Crippen LogP contribution >= 0.6 is 17.0 Å². The molecule has 0 aliphatic carbocycles. The van der Waals surface area contributed by atoms with E-state index in [9.17, 15) is 18.0 Å². The van der Waals surface area contributed by atoms with Crippen molar-refractivity contribution in [3.8, 4) is 5.75 Å². The Morgan fingerprint density at radius 1 is 1.24 bits per heavy atom. The van der Waals surface area contributed by atoms with Gasteiger partial charge in [-0.25, -0.2) is 18.2 Å². The first-order valence-electron chi connectivity index (χ1n) is 11.5. The molecule has 0 bridgehead atoms. The molecule has 0 saturated carbocycles. The van der Waals surface area contributed by atoms with Gasteiger partial charge in [-0.15, -0.1) is 17.0 Å². The van der Waals surface area contributed by atoms with Crippen molar-refractivity contribution in [3.63, 3.8) is 0 Å². The Kier molecular flexibility index (Phi) is 9.13. The normalized spacial score (nSPS) is 13.1. The lowest BCUT2D eigenvalue weighted by atomic mass is 9.84.